The molecule has 0 bridgehead atoms. The molecule has 168 valence electrons. The first-order valence-electron chi connectivity index (χ1n) is 10.6. The van der Waals surface area contributed by atoms with Crippen molar-refractivity contribution in [1.82, 2.24) is 0 Å². The first kappa shape index (κ1) is 22.2. The number of ketones is 1. The fourth-order valence-electron chi connectivity index (χ4n) is 4.68. The van der Waals surface area contributed by atoms with Gasteiger partial charge in [-0.05, 0) is 43.5 Å². The Morgan fingerprint density at radius 2 is 1.72 bits per heavy atom. The molecule has 2 aromatic rings. The molecule has 1 unspecified atom stereocenters. The largest absolute Gasteiger partial charge is 0.493 e. The number of nitrogens with zero attached hydrogens (tertiary/aromatic N) is 1. The maximum atomic E-state index is 13.5. The van der Waals surface area contributed by atoms with Crippen LogP contribution in [0.4, 0.5) is 5.69 Å². The van der Waals surface area contributed by atoms with E-state index in [0.29, 0.717) is 52.8 Å². The van der Waals surface area contributed by atoms with Crippen LogP contribution in [0.2, 0.25) is 5.02 Å². The predicted octanol–water partition coefficient (Wildman–Crippen LogP) is 5.20. The number of methoxy groups -OCH3 is 3. The van der Waals surface area contributed by atoms with E-state index in [1.807, 2.05) is 25.1 Å². The second kappa shape index (κ2) is 8.87. The summed E-state index contributed by atoms with van der Waals surface area (Å²) in [5, 5.41) is 0.586. The van der Waals surface area contributed by atoms with E-state index in [0.717, 1.165) is 16.8 Å². The van der Waals surface area contributed by atoms with Crippen LogP contribution in [-0.4, -0.2) is 33.0 Å². The van der Waals surface area contributed by atoms with Crippen molar-refractivity contribution in [3.8, 4) is 17.2 Å². The standard InChI is InChI=1S/C25H26ClNO5/c1-14-8-9-15(12-18(14)26)27-19-6-5-7-20(28)23(19)17(13-22(27)29)16-10-11-21(30-2)25(32-4)24(16)31-3/h8-12,17H,5-7,13H2,1-4H3. The van der Waals surface area contributed by atoms with Crippen LogP contribution in [0, 0.1) is 6.92 Å². The van der Waals surface area contributed by atoms with Gasteiger partial charge in [0.05, 0.1) is 27.0 Å². The van der Waals surface area contributed by atoms with Crippen molar-refractivity contribution in [2.45, 2.75) is 38.5 Å². The highest BCUT2D eigenvalue weighted by atomic mass is 35.5. The van der Waals surface area contributed by atoms with Crippen molar-refractivity contribution in [2.75, 3.05) is 26.2 Å². The quantitative estimate of drug-likeness (QED) is 0.619. The average Bonchev–Trinajstić information content (AvgIpc) is 2.79. The van der Waals surface area contributed by atoms with Gasteiger partial charge in [-0.3, -0.25) is 14.5 Å². The number of hydrogen-bond acceptors (Lipinski definition) is 5. The van der Waals surface area contributed by atoms with Crippen LogP contribution < -0.4 is 19.1 Å². The summed E-state index contributed by atoms with van der Waals surface area (Å²) < 4.78 is 16.6. The summed E-state index contributed by atoms with van der Waals surface area (Å²) in [4.78, 5) is 28.3. The van der Waals surface area contributed by atoms with Gasteiger partial charge < -0.3 is 14.2 Å². The number of benzene rings is 2. The lowest BCUT2D eigenvalue weighted by molar-refractivity contribution is -0.119. The predicted molar refractivity (Wildman–Crippen MR) is 123 cm³/mol. The van der Waals surface area contributed by atoms with Gasteiger partial charge in [-0.25, -0.2) is 0 Å². The minimum absolute atomic E-state index is 0.0591. The van der Waals surface area contributed by atoms with E-state index < -0.39 is 5.92 Å². The summed E-state index contributed by atoms with van der Waals surface area (Å²) in [6.45, 7) is 1.92. The molecule has 0 N–H and O–H groups in total. The van der Waals surface area contributed by atoms with Crippen molar-refractivity contribution in [3.63, 3.8) is 0 Å². The second-order valence-electron chi connectivity index (χ2n) is 7.98. The Hall–Kier alpha value is -2.99. The molecule has 0 spiro atoms. The number of halogens is 1. The topological polar surface area (TPSA) is 65.1 Å². The molecule has 4 rings (SSSR count). The first-order chi connectivity index (χ1) is 15.4. The summed E-state index contributed by atoms with van der Waals surface area (Å²) in [6, 6.07) is 9.18. The molecule has 0 saturated heterocycles. The van der Waals surface area contributed by atoms with Crippen molar-refractivity contribution >= 4 is 29.0 Å². The molecular formula is C25H26ClNO5. The Balaban J connectivity index is 1.90. The number of Topliss-reactive ketones (excluding diaryl/α,β-unsaturated/α-hetero) is 1. The highest BCUT2D eigenvalue weighted by Crippen LogP contribution is 2.49. The summed E-state index contributed by atoms with van der Waals surface area (Å²) in [5.74, 6) is 0.997. The molecule has 32 heavy (non-hydrogen) atoms. The molecule has 2 aromatic carbocycles. The van der Waals surface area contributed by atoms with Crippen molar-refractivity contribution in [3.05, 3.63) is 57.8 Å². The number of carbonyl (C=O) groups excluding carboxylic acids is 2. The highest BCUT2D eigenvalue weighted by Gasteiger charge is 2.41. The molecule has 0 saturated carbocycles. The fraction of sp³-hybridized carbons (Fsp3) is 0.360. The highest BCUT2D eigenvalue weighted by molar-refractivity contribution is 6.31. The number of allylic oxidation sites excluding steroid dienone is 2. The fourth-order valence-corrected chi connectivity index (χ4v) is 4.85. The van der Waals surface area contributed by atoms with E-state index in [-0.39, 0.29) is 18.1 Å². The molecule has 7 heteroatoms. The van der Waals surface area contributed by atoms with Crippen LogP contribution >= 0.6 is 11.6 Å². The van der Waals surface area contributed by atoms with E-state index in [1.165, 1.54) is 7.11 Å². The van der Waals surface area contributed by atoms with Crippen LogP contribution in [0.1, 0.15) is 42.7 Å². The Kier molecular flexibility index (Phi) is 6.15. The number of amides is 1. The van der Waals surface area contributed by atoms with E-state index in [9.17, 15) is 9.59 Å². The molecule has 6 nitrogen and oxygen atoms in total. The Morgan fingerprint density at radius 3 is 2.38 bits per heavy atom. The van der Waals surface area contributed by atoms with Gasteiger partial charge in [0.2, 0.25) is 11.7 Å². The summed E-state index contributed by atoms with van der Waals surface area (Å²) in [7, 11) is 4.64. The number of aryl methyl sites for hydroxylation is 1. The van der Waals surface area contributed by atoms with Gasteiger partial charge in [0.1, 0.15) is 0 Å². The molecule has 0 aromatic heterocycles. The van der Waals surface area contributed by atoms with Gasteiger partial charge in [0.25, 0.3) is 0 Å². The zero-order valence-electron chi connectivity index (χ0n) is 18.7. The SMILES string of the molecule is COc1ccc(C2CC(=O)N(c3ccc(C)c(Cl)c3)C3=C2C(=O)CCC3)c(OC)c1OC. The third-order valence-electron chi connectivity index (χ3n) is 6.20. The van der Waals surface area contributed by atoms with E-state index in [4.69, 9.17) is 25.8 Å². The van der Waals surface area contributed by atoms with Crippen molar-refractivity contribution in [1.29, 1.82) is 0 Å². The molecule has 0 radical (unpaired) electrons. The molecule has 1 aliphatic carbocycles. The van der Waals surface area contributed by atoms with Crippen LogP contribution in [0.25, 0.3) is 0 Å². The van der Waals surface area contributed by atoms with Gasteiger partial charge in [-0.15, -0.1) is 0 Å². The summed E-state index contributed by atoms with van der Waals surface area (Å²) in [5.41, 5.74) is 3.77. The van der Waals surface area contributed by atoms with Gasteiger partial charge in [-0.2, -0.15) is 0 Å². The van der Waals surface area contributed by atoms with Gasteiger partial charge >= 0.3 is 0 Å². The Morgan fingerprint density at radius 1 is 0.969 bits per heavy atom. The smallest absolute Gasteiger partial charge is 0.232 e. The van der Waals surface area contributed by atoms with E-state index in [1.54, 1.807) is 31.3 Å². The molecule has 1 amide bonds. The van der Waals surface area contributed by atoms with Gasteiger partial charge in [-0.1, -0.05) is 23.7 Å². The number of ether oxygens (including phenoxy) is 3. The monoisotopic (exact) mass is 455 g/mol. The Bertz CT molecular complexity index is 1120. The summed E-state index contributed by atoms with van der Waals surface area (Å²) >= 11 is 6.35. The lowest BCUT2D eigenvalue weighted by Crippen LogP contribution is -2.40. The molecular weight excluding hydrogens is 430 g/mol. The zero-order valence-corrected chi connectivity index (χ0v) is 19.4. The molecule has 1 heterocycles. The van der Waals surface area contributed by atoms with Crippen LogP contribution in [-0.2, 0) is 9.59 Å². The number of carbonyl (C=O) groups is 2. The lowest BCUT2D eigenvalue weighted by Gasteiger charge is -2.38. The third kappa shape index (κ3) is 3.62. The lowest BCUT2D eigenvalue weighted by atomic mass is 9.76. The third-order valence-corrected chi connectivity index (χ3v) is 6.61. The minimum atomic E-state index is -0.419. The second-order valence-corrected chi connectivity index (χ2v) is 8.39. The maximum absolute atomic E-state index is 13.5. The first-order valence-corrected chi connectivity index (χ1v) is 10.9. The van der Waals surface area contributed by atoms with Crippen LogP contribution in [0.3, 0.4) is 0 Å². The minimum Gasteiger partial charge on any atom is -0.493 e. The zero-order chi connectivity index (χ0) is 23.0. The molecule has 0 fully saturated rings. The summed E-state index contributed by atoms with van der Waals surface area (Å²) in [6.07, 6.45) is 1.95. The molecule has 1 atom stereocenters. The normalized spacial score (nSPS) is 18.5. The maximum Gasteiger partial charge on any atom is 0.232 e. The molecule has 2 aliphatic rings. The molecule has 1 aliphatic heterocycles. The van der Waals surface area contributed by atoms with E-state index >= 15 is 0 Å². The number of anilines is 1. The van der Waals surface area contributed by atoms with E-state index in [2.05, 4.69) is 0 Å². The average molecular weight is 456 g/mol. The van der Waals surface area contributed by atoms with Crippen LogP contribution in [0.5, 0.6) is 17.2 Å². The number of rotatable bonds is 5. The van der Waals surface area contributed by atoms with Crippen LogP contribution in [0.15, 0.2) is 41.6 Å². The van der Waals surface area contributed by atoms with Crippen molar-refractivity contribution in [2.24, 2.45) is 0 Å². The Labute approximate surface area is 192 Å². The number of hydrogen-bond donors (Lipinski definition) is 0. The van der Waals surface area contributed by atoms with Gasteiger partial charge in [0, 0.05) is 40.6 Å². The van der Waals surface area contributed by atoms with Gasteiger partial charge in [0.15, 0.2) is 17.3 Å². The van der Waals surface area contributed by atoms with Crippen molar-refractivity contribution < 1.29 is 23.8 Å².